The third-order valence-corrected chi connectivity index (χ3v) is 11.4. The zero-order chi connectivity index (χ0) is 42.2. The summed E-state index contributed by atoms with van der Waals surface area (Å²) in [6.45, 7) is 0. The Hall–Kier alpha value is -7.37. The summed E-state index contributed by atoms with van der Waals surface area (Å²) >= 11 is 0. The van der Waals surface area contributed by atoms with Gasteiger partial charge in [0, 0.05) is 30.5 Å². The van der Waals surface area contributed by atoms with Crippen molar-refractivity contribution in [2.75, 3.05) is 0 Å². The fraction of sp³-hybridized carbons (Fsp3) is 0.0690. The number of nitrogens with zero attached hydrogens (tertiary/aromatic N) is 5. The first-order valence-electron chi connectivity index (χ1n) is 21.3. The molecule has 0 bridgehead atoms. The van der Waals surface area contributed by atoms with Gasteiger partial charge in [-0.3, -0.25) is 0 Å². The molecule has 0 unspecified atom stereocenters. The standard InChI is InChI=1S/C58H42N5.Ir/c1-2-10-46(11-3-1)47-27-29-48(30-28-47)54-41-51(57-14-6-9-36-61-57)31-32-53(54)58-33-37-62-63(58)52-39-44(17-15-42-19-23-49(24-20-42)55-12-4-7-34-59-55)38-45(40-52)18-16-43-21-25-50(26-22-43)56-13-5-8-35-60-56;/h1-14,19-23,25,27-30,32-41H,15-18H2;/q-3;+3. The van der Waals surface area contributed by atoms with Crippen molar-refractivity contribution in [2.45, 2.75) is 25.7 Å². The Bertz CT molecular complexity index is 2960. The molecule has 0 amide bonds. The first kappa shape index (κ1) is 42.0. The summed E-state index contributed by atoms with van der Waals surface area (Å²) in [6, 6.07) is 74.0. The predicted molar refractivity (Wildman–Crippen MR) is 254 cm³/mol. The van der Waals surface area contributed by atoms with E-state index in [1.807, 2.05) is 79.4 Å². The molecule has 0 fully saturated rings. The van der Waals surface area contributed by atoms with Crippen LogP contribution in [-0.2, 0) is 45.8 Å². The molecule has 0 atom stereocenters. The number of aryl methyl sites for hydroxylation is 4. The fourth-order valence-electron chi connectivity index (χ4n) is 8.12. The Labute approximate surface area is 388 Å². The van der Waals surface area contributed by atoms with Gasteiger partial charge in [-0.15, -0.1) is 94.5 Å². The fourth-order valence-corrected chi connectivity index (χ4v) is 8.12. The van der Waals surface area contributed by atoms with Gasteiger partial charge >= 0.3 is 20.1 Å². The smallest absolute Gasteiger partial charge is 0.305 e. The summed E-state index contributed by atoms with van der Waals surface area (Å²) < 4.78 is 2.09. The topological polar surface area (TPSA) is 56.5 Å². The van der Waals surface area contributed by atoms with Crippen molar-refractivity contribution < 1.29 is 20.1 Å². The van der Waals surface area contributed by atoms with Crippen LogP contribution in [0.1, 0.15) is 22.3 Å². The van der Waals surface area contributed by atoms with Gasteiger partial charge in [0.25, 0.3) is 0 Å². The minimum Gasteiger partial charge on any atom is -0.305 e. The Morgan fingerprint density at radius 1 is 0.375 bits per heavy atom. The molecule has 10 aromatic rings. The molecule has 308 valence electrons. The average molecular weight is 1000 g/mol. The van der Waals surface area contributed by atoms with Crippen molar-refractivity contribution in [2.24, 2.45) is 0 Å². The molecule has 5 nitrogen and oxygen atoms in total. The van der Waals surface area contributed by atoms with Crippen molar-refractivity contribution in [3.05, 3.63) is 247 Å². The maximum absolute atomic E-state index is 5.00. The molecule has 4 aromatic heterocycles. The van der Waals surface area contributed by atoms with Gasteiger partial charge < -0.3 is 15.0 Å². The zero-order valence-corrected chi connectivity index (χ0v) is 37.4. The van der Waals surface area contributed by atoms with Gasteiger partial charge in [0.05, 0.1) is 5.69 Å². The van der Waals surface area contributed by atoms with Crippen LogP contribution in [0.2, 0.25) is 0 Å². The van der Waals surface area contributed by atoms with Crippen LogP contribution < -0.4 is 0 Å². The van der Waals surface area contributed by atoms with Crippen LogP contribution in [0, 0.1) is 18.2 Å². The molecule has 0 aliphatic carbocycles. The monoisotopic (exact) mass is 1000 g/mol. The van der Waals surface area contributed by atoms with E-state index < -0.39 is 0 Å². The second-order valence-corrected chi connectivity index (χ2v) is 15.6. The number of rotatable bonds is 13. The van der Waals surface area contributed by atoms with E-state index in [4.69, 9.17) is 5.10 Å². The molecule has 0 radical (unpaired) electrons. The van der Waals surface area contributed by atoms with Crippen LogP contribution in [0.3, 0.4) is 0 Å². The molecular weight excluding hydrogens is 959 g/mol. The van der Waals surface area contributed by atoms with E-state index in [1.165, 1.54) is 33.4 Å². The largest absolute Gasteiger partial charge is 3.00 e. The normalized spacial score (nSPS) is 10.9. The number of benzene rings is 6. The van der Waals surface area contributed by atoms with Crippen LogP contribution in [-0.4, -0.2) is 24.7 Å². The van der Waals surface area contributed by atoms with Gasteiger partial charge in [0.2, 0.25) is 0 Å². The molecule has 0 aliphatic heterocycles. The Morgan fingerprint density at radius 2 is 0.875 bits per heavy atom. The minimum absolute atomic E-state index is 0. The van der Waals surface area contributed by atoms with E-state index in [0.29, 0.717) is 0 Å². The van der Waals surface area contributed by atoms with Crippen LogP contribution in [0.5, 0.6) is 0 Å². The molecule has 0 aliphatic rings. The van der Waals surface area contributed by atoms with Crippen molar-refractivity contribution in [3.8, 4) is 73.0 Å². The van der Waals surface area contributed by atoms with E-state index >= 15 is 0 Å². The van der Waals surface area contributed by atoms with E-state index in [2.05, 4.69) is 165 Å². The van der Waals surface area contributed by atoms with Crippen LogP contribution >= 0.6 is 0 Å². The van der Waals surface area contributed by atoms with Crippen molar-refractivity contribution >= 4 is 0 Å². The van der Waals surface area contributed by atoms with Crippen LogP contribution in [0.25, 0.3) is 73.0 Å². The van der Waals surface area contributed by atoms with Crippen molar-refractivity contribution in [1.29, 1.82) is 0 Å². The van der Waals surface area contributed by atoms with Crippen molar-refractivity contribution in [3.63, 3.8) is 0 Å². The molecule has 10 rings (SSSR count). The Kier molecular flexibility index (Phi) is 13.0. The van der Waals surface area contributed by atoms with E-state index in [-0.39, 0.29) is 20.1 Å². The summed E-state index contributed by atoms with van der Waals surface area (Å²) in [6.07, 6.45) is 10.9. The first-order chi connectivity index (χ1) is 31.2. The van der Waals surface area contributed by atoms with E-state index in [9.17, 15) is 0 Å². The maximum atomic E-state index is 5.00. The number of pyridine rings is 3. The molecule has 4 heterocycles. The number of hydrogen-bond donors (Lipinski definition) is 0. The van der Waals surface area contributed by atoms with Crippen LogP contribution in [0.15, 0.2) is 207 Å². The minimum atomic E-state index is 0. The van der Waals surface area contributed by atoms with Gasteiger partial charge in [-0.25, -0.2) is 4.68 Å². The van der Waals surface area contributed by atoms with Crippen LogP contribution in [0.4, 0.5) is 0 Å². The number of aromatic nitrogens is 5. The molecule has 0 spiro atoms. The molecule has 6 aromatic carbocycles. The van der Waals surface area contributed by atoms with Crippen molar-refractivity contribution in [1.82, 2.24) is 24.7 Å². The molecule has 0 saturated heterocycles. The Morgan fingerprint density at radius 3 is 1.41 bits per heavy atom. The summed E-state index contributed by atoms with van der Waals surface area (Å²) in [7, 11) is 0. The molecule has 64 heavy (non-hydrogen) atoms. The third kappa shape index (κ3) is 9.65. The predicted octanol–water partition coefficient (Wildman–Crippen LogP) is 13.0. The number of hydrogen-bond acceptors (Lipinski definition) is 4. The second-order valence-electron chi connectivity index (χ2n) is 15.6. The summed E-state index contributed by atoms with van der Waals surface area (Å²) in [4.78, 5) is 13.7. The average Bonchev–Trinajstić information content (AvgIpc) is 3.87. The van der Waals surface area contributed by atoms with Gasteiger partial charge in [-0.2, -0.15) is 5.10 Å². The second kappa shape index (κ2) is 19.8. The summed E-state index contributed by atoms with van der Waals surface area (Å²) in [5.41, 5.74) is 18.2. The maximum Gasteiger partial charge on any atom is 3.00 e. The molecule has 6 heteroatoms. The third-order valence-electron chi connectivity index (χ3n) is 11.4. The molecule has 0 saturated carbocycles. The van der Waals surface area contributed by atoms with E-state index in [0.717, 1.165) is 87.5 Å². The summed E-state index contributed by atoms with van der Waals surface area (Å²) in [5.74, 6) is 0. The molecular formula is C58H42IrN5. The quantitative estimate of drug-likeness (QED) is 0.108. The SMILES string of the molecule is [Ir+3].[c-]1cc(CCc2cc(CCc3c[c-]c(-c4ccccn4)cc3)cc(-n3nccc3-c3c[c-]c(-c4ccccn4)cc3-c3ccc(-c4ccccc4)cc3)c2)ccc1-c1ccccn1. The van der Waals surface area contributed by atoms with Gasteiger partial charge in [0.1, 0.15) is 0 Å². The van der Waals surface area contributed by atoms with Gasteiger partial charge in [-0.05, 0) is 94.1 Å². The zero-order valence-electron chi connectivity index (χ0n) is 35.0. The van der Waals surface area contributed by atoms with Gasteiger partial charge in [-0.1, -0.05) is 121 Å². The Balaban J connectivity index is 0.00000518. The summed E-state index contributed by atoms with van der Waals surface area (Å²) in [5, 5.41) is 5.00. The van der Waals surface area contributed by atoms with E-state index in [1.54, 1.807) is 0 Å². The van der Waals surface area contributed by atoms with Gasteiger partial charge in [0.15, 0.2) is 0 Å². The molecule has 0 N–H and O–H groups in total. The first-order valence-corrected chi connectivity index (χ1v) is 21.3.